The molecule has 0 aromatic carbocycles. The molecule has 1 aliphatic heterocycles. The molecule has 1 saturated heterocycles. The summed E-state index contributed by atoms with van der Waals surface area (Å²) in [6.07, 6.45) is 1.91. The quantitative estimate of drug-likeness (QED) is 0.738. The summed E-state index contributed by atoms with van der Waals surface area (Å²) in [5.74, 6) is 2.14. The van der Waals surface area contributed by atoms with E-state index >= 15 is 0 Å². The molecule has 0 aliphatic carbocycles. The van der Waals surface area contributed by atoms with Crippen LogP contribution in [0.25, 0.3) is 0 Å². The Morgan fingerprint density at radius 3 is 2.88 bits per heavy atom. The van der Waals surface area contributed by atoms with E-state index in [-0.39, 0.29) is 6.10 Å². The van der Waals surface area contributed by atoms with Gasteiger partial charge in [0.1, 0.15) is 11.5 Å². The Balaban J connectivity index is 1.63. The summed E-state index contributed by atoms with van der Waals surface area (Å²) < 4.78 is 15.9. The number of hydrogen-bond acceptors (Lipinski definition) is 9. The maximum atomic E-state index is 5.62. The zero-order chi connectivity index (χ0) is 18.5. The molecule has 9 nitrogen and oxygen atoms in total. The summed E-state index contributed by atoms with van der Waals surface area (Å²) >= 11 is 0. The normalized spacial score (nSPS) is 20.1. The number of rotatable bonds is 8. The zero-order valence-corrected chi connectivity index (χ0v) is 15.7. The molecule has 2 aromatic rings. The summed E-state index contributed by atoms with van der Waals surface area (Å²) in [5.41, 5.74) is 0.761. The van der Waals surface area contributed by atoms with Crippen molar-refractivity contribution in [1.29, 1.82) is 0 Å². The molecule has 0 spiro atoms. The van der Waals surface area contributed by atoms with Gasteiger partial charge in [0.05, 0.1) is 25.3 Å². The third-order valence-corrected chi connectivity index (χ3v) is 4.49. The van der Waals surface area contributed by atoms with Gasteiger partial charge in [-0.15, -0.1) is 0 Å². The number of nitrogens with one attached hydrogen (secondary N) is 1. The Morgan fingerprint density at radius 1 is 1.35 bits per heavy atom. The lowest BCUT2D eigenvalue weighted by Crippen LogP contribution is -2.39. The van der Waals surface area contributed by atoms with Gasteiger partial charge in [0.25, 0.3) is 0 Å². The third-order valence-electron chi connectivity index (χ3n) is 4.49. The van der Waals surface area contributed by atoms with Gasteiger partial charge < -0.3 is 29.1 Å². The predicted octanol–water partition coefficient (Wildman–Crippen LogP) is 0.988. The fraction of sp³-hybridized carbons (Fsp3) is 0.588. The van der Waals surface area contributed by atoms with Crippen molar-refractivity contribution in [2.24, 2.45) is 0 Å². The molecule has 0 unspecified atom stereocenters. The molecular formula is C17H26N6O3. The van der Waals surface area contributed by atoms with Crippen molar-refractivity contribution < 1.29 is 14.0 Å². The first-order valence-corrected chi connectivity index (χ1v) is 8.55. The van der Waals surface area contributed by atoms with E-state index in [1.807, 2.05) is 12.1 Å². The smallest absolute Gasteiger partial charge is 0.224 e. The highest BCUT2D eigenvalue weighted by molar-refractivity contribution is 5.44. The van der Waals surface area contributed by atoms with Gasteiger partial charge in [-0.1, -0.05) is 5.16 Å². The van der Waals surface area contributed by atoms with Crippen LogP contribution >= 0.6 is 0 Å². The Bertz CT molecular complexity index is 707. The summed E-state index contributed by atoms with van der Waals surface area (Å²) in [6.45, 7) is 2.56. The maximum absolute atomic E-state index is 5.62. The van der Waals surface area contributed by atoms with Crippen LogP contribution in [0.5, 0.6) is 0 Å². The average molecular weight is 362 g/mol. The molecule has 3 heterocycles. The summed E-state index contributed by atoms with van der Waals surface area (Å²) in [4.78, 5) is 13.3. The first-order valence-electron chi connectivity index (χ1n) is 8.55. The van der Waals surface area contributed by atoms with Crippen LogP contribution in [-0.4, -0.2) is 73.6 Å². The van der Waals surface area contributed by atoms with E-state index < -0.39 is 0 Å². The van der Waals surface area contributed by atoms with Crippen molar-refractivity contribution in [2.45, 2.75) is 25.3 Å². The first-order chi connectivity index (χ1) is 12.6. The van der Waals surface area contributed by atoms with Crippen LogP contribution in [0, 0.1) is 0 Å². The van der Waals surface area contributed by atoms with E-state index in [0.717, 1.165) is 24.6 Å². The predicted molar refractivity (Wildman–Crippen MR) is 97.1 cm³/mol. The standard InChI is InChI=1S/C17H26N6O3/c1-22(2)14-9-23(10-15(14)25-4)16-5-6-18-17(20-16)19-8-13-7-12(11-24-3)21-26-13/h5-7,14-15H,8-11H2,1-4H3,(H,18,19,20)/t14-,15+/m0/s1. The second-order valence-electron chi connectivity index (χ2n) is 6.52. The fourth-order valence-corrected chi connectivity index (χ4v) is 3.10. The number of hydrogen-bond donors (Lipinski definition) is 1. The van der Waals surface area contributed by atoms with Crippen molar-refractivity contribution in [3.63, 3.8) is 0 Å². The van der Waals surface area contributed by atoms with E-state index in [9.17, 15) is 0 Å². The molecule has 3 rings (SSSR count). The molecule has 1 N–H and O–H groups in total. The first kappa shape index (κ1) is 18.6. The lowest BCUT2D eigenvalue weighted by Gasteiger charge is -2.23. The van der Waals surface area contributed by atoms with Gasteiger partial charge in [-0.3, -0.25) is 0 Å². The second kappa shape index (κ2) is 8.43. The van der Waals surface area contributed by atoms with Gasteiger partial charge in [-0.25, -0.2) is 4.98 Å². The minimum Gasteiger partial charge on any atom is -0.378 e. The highest BCUT2D eigenvalue weighted by Crippen LogP contribution is 2.23. The highest BCUT2D eigenvalue weighted by atomic mass is 16.5. The number of methoxy groups -OCH3 is 2. The van der Waals surface area contributed by atoms with Crippen LogP contribution in [0.1, 0.15) is 11.5 Å². The minimum atomic E-state index is 0.157. The van der Waals surface area contributed by atoms with E-state index in [0.29, 0.717) is 30.9 Å². The Morgan fingerprint density at radius 2 is 2.19 bits per heavy atom. The Labute approximate surface area is 153 Å². The van der Waals surface area contributed by atoms with Crippen LogP contribution in [0.4, 0.5) is 11.8 Å². The fourth-order valence-electron chi connectivity index (χ4n) is 3.10. The molecule has 2 aromatic heterocycles. The van der Waals surface area contributed by atoms with Gasteiger partial charge in [0, 0.05) is 39.6 Å². The Kier molecular flexibility index (Phi) is 6.02. The van der Waals surface area contributed by atoms with Crippen LogP contribution < -0.4 is 10.2 Å². The third kappa shape index (κ3) is 4.29. The molecule has 142 valence electrons. The molecule has 1 fully saturated rings. The molecule has 0 bridgehead atoms. The van der Waals surface area contributed by atoms with E-state index in [2.05, 4.69) is 44.3 Å². The number of anilines is 2. The monoisotopic (exact) mass is 362 g/mol. The van der Waals surface area contributed by atoms with E-state index in [1.165, 1.54) is 0 Å². The van der Waals surface area contributed by atoms with Gasteiger partial charge >= 0.3 is 0 Å². The van der Waals surface area contributed by atoms with Gasteiger partial charge in [0.15, 0.2) is 5.76 Å². The summed E-state index contributed by atoms with van der Waals surface area (Å²) in [7, 11) is 7.52. The van der Waals surface area contributed by atoms with Crippen molar-refractivity contribution >= 4 is 11.8 Å². The van der Waals surface area contributed by atoms with E-state index in [4.69, 9.17) is 14.0 Å². The lowest BCUT2D eigenvalue weighted by atomic mass is 10.2. The van der Waals surface area contributed by atoms with Crippen molar-refractivity contribution in [3.8, 4) is 0 Å². The van der Waals surface area contributed by atoms with Crippen LogP contribution in [0.3, 0.4) is 0 Å². The molecule has 0 saturated carbocycles. The van der Waals surface area contributed by atoms with Crippen LogP contribution in [-0.2, 0) is 22.6 Å². The van der Waals surface area contributed by atoms with Crippen molar-refractivity contribution in [1.82, 2.24) is 20.0 Å². The maximum Gasteiger partial charge on any atom is 0.224 e. The summed E-state index contributed by atoms with van der Waals surface area (Å²) in [6, 6.07) is 4.10. The Hall–Kier alpha value is -2.23. The van der Waals surface area contributed by atoms with Crippen molar-refractivity contribution in [2.75, 3.05) is 51.6 Å². The largest absolute Gasteiger partial charge is 0.378 e. The number of likely N-dealkylation sites (N-methyl/N-ethyl adjacent to an activating group) is 1. The molecule has 26 heavy (non-hydrogen) atoms. The zero-order valence-electron chi connectivity index (χ0n) is 15.7. The molecule has 9 heteroatoms. The van der Waals surface area contributed by atoms with Gasteiger partial charge in [0.2, 0.25) is 5.95 Å². The topological polar surface area (TPSA) is 88.8 Å². The average Bonchev–Trinajstić information content (AvgIpc) is 3.27. The number of nitrogens with zero attached hydrogens (tertiary/aromatic N) is 5. The summed E-state index contributed by atoms with van der Waals surface area (Å²) in [5, 5.41) is 7.11. The lowest BCUT2D eigenvalue weighted by molar-refractivity contribution is 0.0639. The highest BCUT2D eigenvalue weighted by Gasteiger charge is 2.35. The number of aromatic nitrogens is 3. The van der Waals surface area contributed by atoms with Gasteiger partial charge in [-0.05, 0) is 20.2 Å². The van der Waals surface area contributed by atoms with Crippen molar-refractivity contribution in [3.05, 3.63) is 29.8 Å². The molecule has 1 aliphatic rings. The molecular weight excluding hydrogens is 336 g/mol. The molecule has 0 radical (unpaired) electrons. The van der Waals surface area contributed by atoms with Gasteiger partial charge in [-0.2, -0.15) is 4.98 Å². The molecule has 2 atom stereocenters. The SMILES string of the molecule is COCc1cc(CNc2nccc(N3C[C@@H](OC)[C@@H](N(C)C)C3)n2)on1. The van der Waals surface area contributed by atoms with Crippen LogP contribution in [0.15, 0.2) is 22.9 Å². The molecule has 0 amide bonds. The number of ether oxygens (including phenoxy) is 2. The van der Waals surface area contributed by atoms with Crippen LogP contribution in [0.2, 0.25) is 0 Å². The second-order valence-corrected chi connectivity index (χ2v) is 6.52. The van der Waals surface area contributed by atoms with E-state index in [1.54, 1.807) is 20.4 Å². The minimum absolute atomic E-state index is 0.157.